The Balaban J connectivity index is 1.88. The second-order valence-corrected chi connectivity index (χ2v) is 5.79. The minimum atomic E-state index is -2.87. The van der Waals surface area contributed by atoms with Gasteiger partial charge in [-0.05, 0) is 49.6 Å². The molecule has 0 bridgehead atoms. The molecule has 2 rings (SSSR count). The topological polar surface area (TPSA) is 61.8 Å². The van der Waals surface area contributed by atoms with Gasteiger partial charge in [0, 0.05) is 11.7 Å². The van der Waals surface area contributed by atoms with Crippen LogP contribution >= 0.6 is 0 Å². The number of halogens is 2. The minimum Gasteiger partial charge on any atom is -0.435 e. The Morgan fingerprint density at radius 1 is 1.43 bits per heavy atom. The first kappa shape index (κ1) is 17.6. The van der Waals surface area contributed by atoms with Gasteiger partial charge in [-0.3, -0.25) is 9.69 Å². The largest absolute Gasteiger partial charge is 0.435 e. The Bertz CT molecular complexity index is 511. The standard InChI is InChI=1S/C16H22F2N2O3/c1-11-3-2-8-20(14(11)10-21)9-15(22)19-12-4-6-13(7-5-12)23-16(17)18/h4-7,11,14,16,21H,2-3,8-10H2,1H3,(H,19,22). The molecule has 0 aliphatic carbocycles. The predicted octanol–water partition coefficient (Wildman–Crippen LogP) is 2.32. The fraction of sp³-hybridized carbons (Fsp3) is 0.562. The number of aliphatic hydroxyl groups is 1. The zero-order chi connectivity index (χ0) is 16.8. The van der Waals surface area contributed by atoms with Gasteiger partial charge in [-0.1, -0.05) is 6.92 Å². The number of benzene rings is 1. The summed E-state index contributed by atoms with van der Waals surface area (Å²) in [5, 5.41) is 12.2. The molecule has 23 heavy (non-hydrogen) atoms. The molecule has 2 N–H and O–H groups in total. The zero-order valence-electron chi connectivity index (χ0n) is 13.0. The van der Waals surface area contributed by atoms with E-state index in [0.717, 1.165) is 19.4 Å². The lowest BCUT2D eigenvalue weighted by molar-refractivity contribution is -0.118. The summed E-state index contributed by atoms with van der Waals surface area (Å²) in [6.45, 7) is 0.224. The molecule has 0 spiro atoms. The minimum absolute atomic E-state index is 0.00341. The molecule has 1 aromatic carbocycles. The molecule has 0 radical (unpaired) electrons. The molecule has 5 nitrogen and oxygen atoms in total. The van der Waals surface area contributed by atoms with Crippen molar-refractivity contribution in [2.75, 3.05) is 25.0 Å². The fourth-order valence-electron chi connectivity index (χ4n) is 2.93. The summed E-state index contributed by atoms with van der Waals surface area (Å²) in [4.78, 5) is 14.1. The number of alkyl halides is 2. The molecule has 1 fully saturated rings. The second-order valence-electron chi connectivity index (χ2n) is 5.79. The van der Waals surface area contributed by atoms with Crippen LogP contribution in [0.3, 0.4) is 0 Å². The highest BCUT2D eigenvalue weighted by Gasteiger charge is 2.29. The lowest BCUT2D eigenvalue weighted by atomic mass is 9.91. The molecule has 1 heterocycles. The van der Waals surface area contributed by atoms with Gasteiger partial charge < -0.3 is 15.2 Å². The molecule has 7 heteroatoms. The number of piperidine rings is 1. The highest BCUT2D eigenvalue weighted by Crippen LogP contribution is 2.23. The van der Waals surface area contributed by atoms with Crippen LogP contribution in [0, 0.1) is 5.92 Å². The van der Waals surface area contributed by atoms with Crippen molar-refractivity contribution in [3.8, 4) is 5.75 Å². The van der Waals surface area contributed by atoms with E-state index in [2.05, 4.69) is 17.0 Å². The zero-order valence-corrected chi connectivity index (χ0v) is 13.0. The average Bonchev–Trinajstić information content (AvgIpc) is 2.49. The third kappa shape index (κ3) is 5.14. The molecule has 128 valence electrons. The maximum atomic E-state index is 12.1. The van der Waals surface area contributed by atoms with Gasteiger partial charge >= 0.3 is 6.61 Å². The molecule has 1 aliphatic rings. The van der Waals surface area contributed by atoms with Crippen LogP contribution in [0.2, 0.25) is 0 Å². The number of likely N-dealkylation sites (tertiary alicyclic amines) is 1. The van der Waals surface area contributed by atoms with Crippen LogP contribution in [0.5, 0.6) is 5.75 Å². The van der Waals surface area contributed by atoms with E-state index < -0.39 is 6.61 Å². The highest BCUT2D eigenvalue weighted by molar-refractivity contribution is 5.92. The van der Waals surface area contributed by atoms with Gasteiger partial charge in [-0.15, -0.1) is 0 Å². The third-order valence-corrected chi connectivity index (χ3v) is 4.13. The molecule has 1 amide bonds. The highest BCUT2D eigenvalue weighted by atomic mass is 19.3. The second kappa shape index (κ2) is 8.21. The molecular weight excluding hydrogens is 306 g/mol. The number of amides is 1. The van der Waals surface area contributed by atoms with Crippen LogP contribution in [0.25, 0.3) is 0 Å². The number of anilines is 1. The van der Waals surface area contributed by atoms with Gasteiger partial charge in [0.15, 0.2) is 0 Å². The van der Waals surface area contributed by atoms with Crippen LogP contribution in [0.1, 0.15) is 19.8 Å². The Labute approximate surface area is 134 Å². The molecule has 0 saturated carbocycles. The van der Waals surface area contributed by atoms with Crippen LogP contribution in [-0.4, -0.2) is 48.3 Å². The van der Waals surface area contributed by atoms with Gasteiger partial charge in [-0.25, -0.2) is 0 Å². The van der Waals surface area contributed by atoms with Crippen molar-refractivity contribution in [3.05, 3.63) is 24.3 Å². The van der Waals surface area contributed by atoms with E-state index in [-0.39, 0.29) is 30.9 Å². The fourth-order valence-corrected chi connectivity index (χ4v) is 2.93. The Hall–Kier alpha value is -1.73. The summed E-state index contributed by atoms with van der Waals surface area (Å²) in [5.74, 6) is 0.204. The molecule has 1 aliphatic heterocycles. The molecule has 1 aromatic rings. The number of hydrogen-bond donors (Lipinski definition) is 2. The first-order valence-corrected chi connectivity index (χ1v) is 7.69. The van der Waals surface area contributed by atoms with Crippen LogP contribution < -0.4 is 10.1 Å². The van der Waals surface area contributed by atoms with E-state index in [1.807, 2.05) is 4.90 Å². The molecular formula is C16H22F2N2O3. The number of nitrogens with zero attached hydrogens (tertiary/aromatic N) is 1. The first-order valence-electron chi connectivity index (χ1n) is 7.69. The summed E-state index contributed by atoms with van der Waals surface area (Å²) in [6.07, 6.45) is 2.06. The van der Waals surface area contributed by atoms with Crippen molar-refractivity contribution in [2.45, 2.75) is 32.4 Å². The molecule has 1 saturated heterocycles. The van der Waals surface area contributed by atoms with E-state index in [4.69, 9.17) is 0 Å². The summed E-state index contributed by atoms with van der Waals surface area (Å²) in [6, 6.07) is 5.77. The van der Waals surface area contributed by atoms with Gasteiger partial charge in [0.1, 0.15) is 5.75 Å². The Kier molecular flexibility index (Phi) is 6.29. The van der Waals surface area contributed by atoms with Gasteiger partial charge in [0.25, 0.3) is 0 Å². The van der Waals surface area contributed by atoms with Crippen LogP contribution in [0.4, 0.5) is 14.5 Å². The first-order chi connectivity index (χ1) is 11.0. The quantitative estimate of drug-likeness (QED) is 0.841. The molecule has 2 atom stereocenters. The summed E-state index contributed by atoms with van der Waals surface area (Å²) < 4.78 is 28.4. The number of carbonyl (C=O) groups excluding carboxylic acids is 1. The number of aliphatic hydroxyl groups excluding tert-OH is 1. The lowest BCUT2D eigenvalue weighted by Gasteiger charge is -2.38. The van der Waals surface area contributed by atoms with Crippen molar-refractivity contribution in [1.82, 2.24) is 4.90 Å². The smallest absolute Gasteiger partial charge is 0.387 e. The summed E-state index contributed by atoms with van der Waals surface area (Å²) >= 11 is 0. The summed E-state index contributed by atoms with van der Waals surface area (Å²) in [5.41, 5.74) is 0.516. The van der Waals surface area contributed by atoms with Crippen LogP contribution in [-0.2, 0) is 4.79 Å². The number of rotatable bonds is 6. The number of hydrogen-bond acceptors (Lipinski definition) is 4. The van der Waals surface area contributed by atoms with E-state index >= 15 is 0 Å². The lowest BCUT2D eigenvalue weighted by Crippen LogP contribution is -2.49. The van der Waals surface area contributed by atoms with E-state index in [1.54, 1.807) is 0 Å². The van der Waals surface area contributed by atoms with Crippen molar-refractivity contribution in [3.63, 3.8) is 0 Å². The summed E-state index contributed by atoms with van der Waals surface area (Å²) in [7, 11) is 0. The number of ether oxygens (including phenoxy) is 1. The van der Waals surface area contributed by atoms with E-state index in [9.17, 15) is 18.7 Å². The normalized spacial score (nSPS) is 22.1. The van der Waals surface area contributed by atoms with Crippen molar-refractivity contribution in [1.29, 1.82) is 0 Å². The van der Waals surface area contributed by atoms with Crippen LogP contribution in [0.15, 0.2) is 24.3 Å². The van der Waals surface area contributed by atoms with Gasteiger partial charge in [0.05, 0.1) is 13.2 Å². The molecule has 2 unspecified atom stereocenters. The predicted molar refractivity (Wildman–Crippen MR) is 82.5 cm³/mol. The maximum absolute atomic E-state index is 12.1. The average molecular weight is 328 g/mol. The SMILES string of the molecule is CC1CCCN(CC(=O)Nc2ccc(OC(F)F)cc2)C1CO. The van der Waals surface area contributed by atoms with E-state index in [1.165, 1.54) is 24.3 Å². The Morgan fingerprint density at radius 2 is 2.13 bits per heavy atom. The van der Waals surface area contributed by atoms with Gasteiger partial charge in [0.2, 0.25) is 5.91 Å². The molecule has 0 aromatic heterocycles. The maximum Gasteiger partial charge on any atom is 0.387 e. The van der Waals surface area contributed by atoms with Gasteiger partial charge in [-0.2, -0.15) is 8.78 Å². The monoisotopic (exact) mass is 328 g/mol. The van der Waals surface area contributed by atoms with E-state index in [0.29, 0.717) is 11.6 Å². The van der Waals surface area contributed by atoms with Crippen molar-refractivity contribution >= 4 is 11.6 Å². The Morgan fingerprint density at radius 3 is 2.74 bits per heavy atom. The van der Waals surface area contributed by atoms with Crippen molar-refractivity contribution in [2.24, 2.45) is 5.92 Å². The number of carbonyl (C=O) groups is 1. The third-order valence-electron chi connectivity index (χ3n) is 4.13. The van der Waals surface area contributed by atoms with Crippen molar-refractivity contribution < 1.29 is 23.4 Å². The number of nitrogens with one attached hydrogen (secondary N) is 1.